The first-order valence-electron chi connectivity index (χ1n) is 12.0. The third kappa shape index (κ3) is 4.09. The number of amides is 1. The minimum atomic E-state index is -0.876. The van der Waals surface area contributed by atoms with E-state index in [-0.39, 0.29) is 43.0 Å². The molecule has 33 heavy (non-hydrogen) atoms. The molecule has 1 N–H and O–H groups in total. The maximum Gasteiger partial charge on any atom is 0.308 e. The first-order chi connectivity index (χ1) is 15.8. The van der Waals surface area contributed by atoms with Crippen molar-refractivity contribution in [1.82, 2.24) is 5.32 Å². The molecular formula is C24H33NO8. The number of rotatable bonds is 6. The van der Waals surface area contributed by atoms with Crippen LogP contribution >= 0.6 is 0 Å². The van der Waals surface area contributed by atoms with Crippen molar-refractivity contribution >= 4 is 11.9 Å². The van der Waals surface area contributed by atoms with Gasteiger partial charge in [0.2, 0.25) is 18.0 Å². The number of ether oxygens (including phenoxy) is 3. The van der Waals surface area contributed by atoms with Crippen LogP contribution in [-0.2, 0) is 40.1 Å². The maximum atomic E-state index is 12.6. The lowest BCUT2D eigenvalue weighted by Gasteiger charge is -2.59. The predicted octanol–water partition coefficient (Wildman–Crippen LogP) is 3.43. The van der Waals surface area contributed by atoms with E-state index in [1.165, 1.54) is 0 Å². The van der Waals surface area contributed by atoms with Gasteiger partial charge in [-0.3, -0.25) is 9.59 Å². The van der Waals surface area contributed by atoms with Crippen LogP contribution < -0.4 is 5.32 Å². The predicted molar refractivity (Wildman–Crippen MR) is 113 cm³/mol. The molecule has 1 aromatic heterocycles. The molecule has 1 saturated carbocycles. The van der Waals surface area contributed by atoms with E-state index in [0.29, 0.717) is 11.7 Å². The highest BCUT2D eigenvalue weighted by Gasteiger charge is 2.69. The number of furan rings is 1. The van der Waals surface area contributed by atoms with Gasteiger partial charge < -0.3 is 23.9 Å². The average Bonchev–Trinajstić information content (AvgIpc) is 3.21. The second kappa shape index (κ2) is 8.69. The molecule has 5 aliphatic rings. The zero-order valence-electron chi connectivity index (χ0n) is 19.4. The largest absolute Gasteiger partial charge is 0.467 e. The molecule has 1 amide bonds. The van der Waals surface area contributed by atoms with E-state index in [1.54, 1.807) is 18.4 Å². The number of esters is 1. The highest BCUT2D eigenvalue weighted by molar-refractivity contribution is 5.81. The summed E-state index contributed by atoms with van der Waals surface area (Å²) in [6.07, 6.45) is 3.78. The fourth-order valence-corrected chi connectivity index (χ4v) is 6.10. The van der Waals surface area contributed by atoms with Crippen molar-refractivity contribution in [2.75, 3.05) is 0 Å². The van der Waals surface area contributed by atoms with Crippen LogP contribution in [0.15, 0.2) is 22.8 Å². The van der Waals surface area contributed by atoms with Crippen molar-refractivity contribution in [3.05, 3.63) is 24.2 Å². The van der Waals surface area contributed by atoms with Crippen LogP contribution in [-0.4, -0.2) is 35.8 Å². The van der Waals surface area contributed by atoms with Crippen molar-refractivity contribution in [1.29, 1.82) is 0 Å². The van der Waals surface area contributed by atoms with Crippen LogP contribution in [0.25, 0.3) is 0 Å². The Balaban J connectivity index is 1.22. The molecule has 0 aromatic carbocycles. The van der Waals surface area contributed by atoms with Crippen LogP contribution in [0.4, 0.5) is 0 Å². The summed E-state index contributed by atoms with van der Waals surface area (Å²) in [5.41, 5.74) is -0.693. The fraction of sp³-hybridized carbons (Fsp3) is 0.750. The maximum absolute atomic E-state index is 12.6. The minimum Gasteiger partial charge on any atom is -0.467 e. The van der Waals surface area contributed by atoms with Gasteiger partial charge in [0.15, 0.2) is 11.9 Å². The van der Waals surface area contributed by atoms with Gasteiger partial charge in [0.05, 0.1) is 19.2 Å². The molecule has 5 fully saturated rings. The third-order valence-corrected chi connectivity index (χ3v) is 7.94. The molecule has 2 bridgehead atoms. The summed E-state index contributed by atoms with van der Waals surface area (Å²) in [7, 11) is 0. The lowest BCUT2D eigenvalue weighted by Crippen LogP contribution is -2.70. The highest BCUT2D eigenvalue weighted by atomic mass is 17.3. The second-order valence-electron chi connectivity index (χ2n) is 10.1. The molecular weight excluding hydrogens is 430 g/mol. The summed E-state index contributed by atoms with van der Waals surface area (Å²) >= 11 is 0. The Hall–Kier alpha value is -1.94. The van der Waals surface area contributed by atoms with Gasteiger partial charge in [0.25, 0.3) is 0 Å². The molecule has 1 aromatic rings. The number of nitrogens with one attached hydrogen (secondary N) is 1. The van der Waals surface area contributed by atoms with Gasteiger partial charge >= 0.3 is 5.97 Å². The van der Waals surface area contributed by atoms with Crippen LogP contribution in [0.2, 0.25) is 0 Å². The zero-order chi connectivity index (χ0) is 23.2. The quantitative estimate of drug-likeness (QED) is 0.505. The van der Waals surface area contributed by atoms with E-state index >= 15 is 0 Å². The summed E-state index contributed by atoms with van der Waals surface area (Å²) < 4.78 is 23.4. The van der Waals surface area contributed by atoms with Gasteiger partial charge in [-0.25, -0.2) is 9.78 Å². The lowest BCUT2D eigenvalue weighted by molar-refractivity contribution is -0.576. The molecule has 8 atom stereocenters. The lowest BCUT2D eigenvalue weighted by atomic mass is 9.58. The van der Waals surface area contributed by atoms with Crippen LogP contribution in [0.1, 0.15) is 65.1 Å². The van der Waals surface area contributed by atoms with Crippen LogP contribution in [0.3, 0.4) is 0 Å². The number of carbonyl (C=O) groups is 2. The van der Waals surface area contributed by atoms with E-state index < -0.39 is 29.9 Å². The normalized spacial score (nSPS) is 41.7. The summed E-state index contributed by atoms with van der Waals surface area (Å²) in [6.45, 7) is 6.43. The molecule has 6 rings (SSSR count). The summed E-state index contributed by atoms with van der Waals surface area (Å²) in [5, 5.41) is 2.73. The van der Waals surface area contributed by atoms with Gasteiger partial charge in [-0.05, 0) is 50.2 Å². The van der Waals surface area contributed by atoms with Gasteiger partial charge in [-0.2, -0.15) is 0 Å². The summed E-state index contributed by atoms with van der Waals surface area (Å²) in [6, 6.07) is 3.53. The molecule has 9 heteroatoms. The van der Waals surface area contributed by atoms with Crippen molar-refractivity contribution in [2.45, 2.75) is 89.8 Å². The van der Waals surface area contributed by atoms with Crippen molar-refractivity contribution in [3.8, 4) is 0 Å². The summed E-state index contributed by atoms with van der Waals surface area (Å²) in [5.74, 6) is -0.239. The van der Waals surface area contributed by atoms with Gasteiger partial charge in [0, 0.05) is 24.7 Å². The Kier molecular flexibility index (Phi) is 6.01. The van der Waals surface area contributed by atoms with Crippen molar-refractivity contribution in [2.24, 2.45) is 23.7 Å². The first-order valence-corrected chi connectivity index (χ1v) is 12.0. The molecule has 0 radical (unpaired) electrons. The molecule has 0 unspecified atom stereocenters. The molecule has 5 heterocycles. The van der Waals surface area contributed by atoms with E-state index in [2.05, 4.69) is 12.2 Å². The number of hydrogen-bond acceptors (Lipinski definition) is 8. The topological polar surface area (TPSA) is 105 Å². The van der Waals surface area contributed by atoms with Gasteiger partial charge in [0.1, 0.15) is 5.76 Å². The average molecular weight is 464 g/mol. The standard InChI is InChI=1S/C24H33NO8/c1-14-6-7-18-15(2)21(29-20(27)9-8-19(26)25-13-16-5-4-12-28-16)30-22-24(18)17(14)10-11-23(3,31-22)32-33-24/h4-5,12,14-15,17-18,21-22H,6-11,13H2,1-3H3,(H,25,26)/t14-,15-,17+,18+,21-,22-,23-,24-/m1/s1. The minimum absolute atomic E-state index is 0.0303. The Morgan fingerprint density at radius 1 is 1.15 bits per heavy atom. The van der Waals surface area contributed by atoms with Crippen molar-refractivity contribution in [3.63, 3.8) is 0 Å². The Labute approximate surface area is 193 Å². The van der Waals surface area contributed by atoms with Crippen LogP contribution in [0.5, 0.6) is 0 Å². The fourth-order valence-electron chi connectivity index (χ4n) is 6.10. The smallest absolute Gasteiger partial charge is 0.308 e. The zero-order valence-corrected chi connectivity index (χ0v) is 19.4. The Bertz CT molecular complexity index is 874. The van der Waals surface area contributed by atoms with Gasteiger partial charge in [-0.15, -0.1) is 0 Å². The summed E-state index contributed by atoms with van der Waals surface area (Å²) in [4.78, 5) is 36.5. The molecule has 182 valence electrons. The molecule has 4 saturated heterocycles. The van der Waals surface area contributed by atoms with E-state index in [1.807, 2.05) is 13.8 Å². The Morgan fingerprint density at radius 3 is 2.79 bits per heavy atom. The SMILES string of the molecule is C[C@H]1[C@H](OC(=O)CCC(=O)NCc2ccco2)O[C@@H]2O[C@@]3(C)CC[C@H]4[C@H](C)CC[C@@H]1[C@@]24OO3. The molecule has 1 aliphatic carbocycles. The highest BCUT2D eigenvalue weighted by Crippen LogP contribution is 2.60. The van der Waals surface area contributed by atoms with Crippen molar-refractivity contribution < 1.29 is 38.0 Å². The molecule has 4 aliphatic heterocycles. The molecule has 9 nitrogen and oxygen atoms in total. The third-order valence-electron chi connectivity index (χ3n) is 7.94. The van der Waals surface area contributed by atoms with E-state index in [4.69, 9.17) is 28.4 Å². The van der Waals surface area contributed by atoms with E-state index in [0.717, 1.165) is 25.7 Å². The van der Waals surface area contributed by atoms with E-state index in [9.17, 15) is 9.59 Å². The van der Waals surface area contributed by atoms with Crippen LogP contribution in [0, 0.1) is 23.7 Å². The number of carbonyl (C=O) groups excluding carboxylic acids is 2. The monoisotopic (exact) mass is 463 g/mol. The second-order valence-corrected chi connectivity index (χ2v) is 10.1. The number of hydrogen-bond donors (Lipinski definition) is 1. The molecule has 1 spiro atoms. The number of fused-ring (bicyclic) bond motifs is 2. The first kappa shape index (κ1) is 22.8. The van der Waals surface area contributed by atoms with Gasteiger partial charge in [-0.1, -0.05) is 13.8 Å². The Morgan fingerprint density at radius 2 is 2.00 bits per heavy atom.